The highest BCUT2D eigenvalue weighted by molar-refractivity contribution is 5.92. The number of hydrogen-bond acceptors (Lipinski definition) is 4. The molecule has 0 amide bonds. The molecule has 0 bridgehead atoms. The van der Waals surface area contributed by atoms with Crippen molar-refractivity contribution in [1.29, 1.82) is 0 Å². The molecule has 126 valence electrons. The van der Waals surface area contributed by atoms with E-state index < -0.39 is 11.9 Å². The Labute approximate surface area is 139 Å². The lowest BCUT2D eigenvalue weighted by atomic mass is 10.00. The Morgan fingerprint density at radius 3 is 1.46 bits per heavy atom. The van der Waals surface area contributed by atoms with Crippen molar-refractivity contribution in [3.63, 3.8) is 0 Å². The van der Waals surface area contributed by atoms with Crippen molar-refractivity contribution in [3.05, 3.63) is 47.5 Å². The van der Waals surface area contributed by atoms with Gasteiger partial charge in [-0.25, -0.2) is 9.59 Å². The Balaban J connectivity index is 2.61. The van der Waals surface area contributed by atoms with E-state index in [1.807, 2.05) is 0 Å². The maximum atomic E-state index is 11.1. The molecular formula is C18H18O6. The summed E-state index contributed by atoms with van der Waals surface area (Å²) in [6.07, 6.45) is 0. The van der Waals surface area contributed by atoms with Gasteiger partial charge in [0.15, 0.2) is 0 Å². The molecule has 0 aliphatic carbocycles. The zero-order chi connectivity index (χ0) is 17.7. The normalized spacial score (nSPS) is 10.2. The summed E-state index contributed by atoms with van der Waals surface area (Å²) in [5, 5.41) is 18.3. The van der Waals surface area contributed by atoms with Crippen LogP contribution in [0.4, 0.5) is 0 Å². The highest BCUT2D eigenvalue weighted by Gasteiger charge is 2.16. The molecule has 2 aromatic rings. The minimum atomic E-state index is -1.05. The first kappa shape index (κ1) is 17.3. The third-order valence-corrected chi connectivity index (χ3v) is 3.35. The topological polar surface area (TPSA) is 93.1 Å². The predicted molar refractivity (Wildman–Crippen MR) is 88.1 cm³/mol. The Hall–Kier alpha value is -3.02. The van der Waals surface area contributed by atoms with E-state index in [-0.39, 0.29) is 11.1 Å². The van der Waals surface area contributed by atoms with Crippen LogP contribution in [0.5, 0.6) is 11.5 Å². The van der Waals surface area contributed by atoms with E-state index in [1.165, 1.54) is 24.3 Å². The molecule has 0 saturated carbocycles. The summed E-state index contributed by atoms with van der Waals surface area (Å²) in [5.74, 6) is -1.29. The molecule has 6 nitrogen and oxygen atoms in total. The number of hydrogen-bond donors (Lipinski definition) is 2. The molecule has 0 atom stereocenters. The van der Waals surface area contributed by atoms with Crippen molar-refractivity contribution in [2.75, 3.05) is 13.2 Å². The SMILES string of the molecule is CCOc1cc(C(=O)O)ccc1-c1ccc(C(=O)O)cc1OCC. The lowest BCUT2D eigenvalue weighted by Crippen LogP contribution is -2.03. The molecule has 0 aliphatic rings. The van der Waals surface area contributed by atoms with Crippen molar-refractivity contribution in [3.8, 4) is 22.6 Å². The van der Waals surface area contributed by atoms with Crippen LogP contribution < -0.4 is 9.47 Å². The summed E-state index contributed by atoms with van der Waals surface area (Å²) in [6.45, 7) is 4.34. The van der Waals surface area contributed by atoms with Gasteiger partial charge in [-0.1, -0.05) is 0 Å². The Morgan fingerprint density at radius 1 is 0.792 bits per heavy atom. The van der Waals surface area contributed by atoms with Gasteiger partial charge in [-0.05, 0) is 50.2 Å². The monoisotopic (exact) mass is 330 g/mol. The van der Waals surface area contributed by atoms with Crippen molar-refractivity contribution < 1.29 is 29.3 Å². The summed E-state index contributed by atoms with van der Waals surface area (Å²) >= 11 is 0. The second-order valence-corrected chi connectivity index (χ2v) is 4.90. The van der Waals surface area contributed by atoms with Crippen molar-refractivity contribution in [1.82, 2.24) is 0 Å². The maximum absolute atomic E-state index is 11.1. The largest absolute Gasteiger partial charge is 0.493 e. The van der Waals surface area contributed by atoms with Gasteiger partial charge in [-0.15, -0.1) is 0 Å². The predicted octanol–water partition coefficient (Wildman–Crippen LogP) is 3.55. The standard InChI is InChI=1S/C18H18O6/c1-3-23-15-9-11(17(19)20)5-7-13(15)14-8-6-12(18(21)22)10-16(14)24-4-2/h5-10H,3-4H2,1-2H3,(H,19,20)(H,21,22). The van der Waals surface area contributed by atoms with Crippen molar-refractivity contribution >= 4 is 11.9 Å². The second kappa shape index (κ2) is 7.50. The molecule has 0 saturated heterocycles. The van der Waals surface area contributed by atoms with Gasteiger partial charge in [-0.3, -0.25) is 0 Å². The molecule has 0 spiro atoms. The summed E-state index contributed by atoms with van der Waals surface area (Å²) < 4.78 is 11.1. The third kappa shape index (κ3) is 3.65. The number of ether oxygens (including phenoxy) is 2. The van der Waals surface area contributed by atoms with Crippen LogP contribution in [0.25, 0.3) is 11.1 Å². The maximum Gasteiger partial charge on any atom is 0.335 e. The molecule has 0 heterocycles. The van der Waals surface area contributed by atoms with E-state index in [2.05, 4.69) is 0 Å². The zero-order valence-electron chi connectivity index (χ0n) is 13.4. The van der Waals surface area contributed by atoms with Crippen LogP contribution in [-0.4, -0.2) is 35.4 Å². The van der Waals surface area contributed by atoms with E-state index in [0.717, 1.165) is 0 Å². The minimum Gasteiger partial charge on any atom is -0.493 e. The molecule has 0 aromatic heterocycles. The first-order valence-corrected chi connectivity index (χ1v) is 7.48. The van der Waals surface area contributed by atoms with Crippen LogP contribution in [0.3, 0.4) is 0 Å². The third-order valence-electron chi connectivity index (χ3n) is 3.35. The smallest absolute Gasteiger partial charge is 0.335 e. The molecule has 0 unspecified atom stereocenters. The summed E-state index contributed by atoms with van der Waals surface area (Å²) in [6, 6.07) is 9.10. The van der Waals surface area contributed by atoms with Gasteiger partial charge in [0.25, 0.3) is 0 Å². The quantitative estimate of drug-likeness (QED) is 0.806. The average molecular weight is 330 g/mol. The number of rotatable bonds is 7. The highest BCUT2D eigenvalue weighted by atomic mass is 16.5. The lowest BCUT2D eigenvalue weighted by molar-refractivity contribution is 0.0685. The average Bonchev–Trinajstić information content (AvgIpc) is 2.55. The van der Waals surface area contributed by atoms with Gasteiger partial charge in [0.05, 0.1) is 24.3 Å². The first-order chi connectivity index (χ1) is 11.5. The van der Waals surface area contributed by atoms with Gasteiger partial charge in [0.1, 0.15) is 11.5 Å². The van der Waals surface area contributed by atoms with Gasteiger partial charge >= 0.3 is 11.9 Å². The number of carboxylic acids is 2. The number of aromatic carboxylic acids is 2. The van der Waals surface area contributed by atoms with Crippen LogP contribution in [0.1, 0.15) is 34.6 Å². The molecule has 0 radical (unpaired) electrons. The summed E-state index contributed by atoms with van der Waals surface area (Å²) in [5.41, 5.74) is 1.51. The fourth-order valence-corrected chi connectivity index (χ4v) is 2.31. The van der Waals surface area contributed by atoms with E-state index in [9.17, 15) is 9.59 Å². The van der Waals surface area contributed by atoms with E-state index in [4.69, 9.17) is 19.7 Å². The first-order valence-electron chi connectivity index (χ1n) is 7.48. The highest BCUT2D eigenvalue weighted by Crippen LogP contribution is 2.38. The van der Waals surface area contributed by atoms with Crippen molar-refractivity contribution in [2.45, 2.75) is 13.8 Å². The molecule has 2 N–H and O–H groups in total. The van der Waals surface area contributed by atoms with E-state index in [1.54, 1.807) is 26.0 Å². The van der Waals surface area contributed by atoms with Crippen LogP contribution >= 0.6 is 0 Å². The number of carbonyl (C=O) groups is 2. The summed E-state index contributed by atoms with van der Waals surface area (Å²) in [4.78, 5) is 22.3. The van der Waals surface area contributed by atoms with Crippen LogP contribution in [0, 0.1) is 0 Å². The number of carboxylic acid groups (broad SMARTS) is 2. The molecule has 0 aliphatic heterocycles. The number of benzene rings is 2. The zero-order valence-corrected chi connectivity index (χ0v) is 13.4. The van der Waals surface area contributed by atoms with Crippen LogP contribution in [-0.2, 0) is 0 Å². The van der Waals surface area contributed by atoms with Crippen molar-refractivity contribution in [2.24, 2.45) is 0 Å². The summed E-state index contributed by atoms with van der Waals surface area (Å²) in [7, 11) is 0. The van der Waals surface area contributed by atoms with Gasteiger partial charge in [0.2, 0.25) is 0 Å². The lowest BCUT2D eigenvalue weighted by Gasteiger charge is -2.15. The fraction of sp³-hybridized carbons (Fsp3) is 0.222. The Morgan fingerprint density at radius 2 is 1.17 bits per heavy atom. The second-order valence-electron chi connectivity index (χ2n) is 4.90. The molecule has 24 heavy (non-hydrogen) atoms. The minimum absolute atomic E-state index is 0.113. The Bertz CT molecular complexity index is 701. The molecule has 0 fully saturated rings. The molecule has 2 aromatic carbocycles. The van der Waals surface area contributed by atoms with Crippen LogP contribution in [0.2, 0.25) is 0 Å². The molecular weight excluding hydrogens is 312 g/mol. The van der Waals surface area contributed by atoms with Crippen LogP contribution in [0.15, 0.2) is 36.4 Å². The Kier molecular flexibility index (Phi) is 5.42. The van der Waals surface area contributed by atoms with Gasteiger partial charge < -0.3 is 19.7 Å². The molecule has 6 heteroatoms. The fourth-order valence-electron chi connectivity index (χ4n) is 2.31. The van der Waals surface area contributed by atoms with Gasteiger partial charge in [0, 0.05) is 11.1 Å². The van der Waals surface area contributed by atoms with Gasteiger partial charge in [-0.2, -0.15) is 0 Å². The van der Waals surface area contributed by atoms with E-state index in [0.29, 0.717) is 35.8 Å². The van der Waals surface area contributed by atoms with E-state index >= 15 is 0 Å². The molecule has 2 rings (SSSR count).